The summed E-state index contributed by atoms with van der Waals surface area (Å²) in [4.78, 5) is 15.3. The molecule has 6 nitrogen and oxygen atoms in total. The molecule has 1 saturated heterocycles. The monoisotopic (exact) mass is 279 g/mol. The first-order chi connectivity index (χ1) is 9.44. The Kier molecular flexibility index (Phi) is 4.30. The second kappa shape index (κ2) is 5.81. The van der Waals surface area contributed by atoms with Crippen molar-refractivity contribution in [3.05, 3.63) is 0 Å². The van der Waals surface area contributed by atoms with Crippen molar-refractivity contribution < 1.29 is 4.74 Å². The Labute approximate surface area is 121 Å². The van der Waals surface area contributed by atoms with Gasteiger partial charge in [0.2, 0.25) is 11.9 Å². The Morgan fingerprint density at radius 2 is 2.05 bits per heavy atom. The number of ether oxygens (including phenoxy) is 1. The normalized spacial score (nSPS) is 19.2. The third-order valence-electron chi connectivity index (χ3n) is 3.82. The van der Waals surface area contributed by atoms with E-state index in [1.807, 2.05) is 6.92 Å². The quantitative estimate of drug-likeness (QED) is 0.911. The number of aromatic nitrogens is 3. The first-order valence-electron chi connectivity index (χ1n) is 7.23. The molecule has 0 bridgehead atoms. The maximum atomic E-state index is 5.17. The van der Waals surface area contributed by atoms with Gasteiger partial charge in [0.25, 0.3) is 0 Å². The molecule has 1 aliphatic heterocycles. The summed E-state index contributed by atoms with van der Waals surface area (Å²) in [6, 6.07) is 0.366. The molecule has 1 aromatic heterocycles. The Morgan fingerprint density at radius 1 is 1.30 bits per heavy atom. The van der Waals surface area contributed by atoms with E-state index >= 15 is 0 Å². The molecule has 2 rings (SSSR count). The summed E-state index contributed by atoms with van der Waals surface area (Å²) in [7, 11) is 1.58. The van der Waals surface area contributed by atoms with Gasteiger partial charge in [-0.3, -0.25) is 0 Å². The van der Waals surface area contributed by atoms with E-state index in [2.05, 4.69) is 45.9 Å². The number of nitrogens with one attached hydrogen (secondary N) is 1. The lowest BCUT2D eigenvalue weighted by Gasteiger charge is -2.27. The minimum atomic E-state index is 0.316. The zero-order valence-corrected chi connectivity index (χ0v) is 13.1. The highest BCUT2D eigenvalue weighted by Crippen LogP contribution is 2.35. The average Bonchev–Trinajstić information content (AvgIpc) is 2.88. The summed E-state index contributed by atoms with van der Waals surface area (Å²) in [5.41, 5.74) is 0.316. The van der Waals surface area contributed by atoms with E-state index in [4.69, 9.17) is 4.74 Å². The Balaban J connectivity index is 2.18. The summed E-state index contributed by atoms with van der Waals surface area (Å²) in [6.07, 6.45) is 1.17. The Morgan fingerprint density at radius 3 is 2.60 bits per heavy atom. The molecule has 0 amide bonds. The van der Waals surface area contributed by atoms with Crippen LogP contribution >= 0.6 is 0 Å². The number of methoxy groups -OCH3 is 1. The van der Waals surface area contributed by atoms with Gasteiger partial charge in [-0.05, 0) is 24.7 Å². The molecule has 112 valence electrons. The molecule has 1 N–H and O–H groups in total. The molecular weight excluding hydrogens is 254 g/mol. The molecule has 0 aromatic carbocycles. The van der Waals surface area contributed by atoms with Crippen molar-refractivity contribution in [3.63, 3.8) is 0 Å². The van der Waals surface area contributed by atoms with Crippen LogP contribution in [0, 0.1) is 11.3 Å². The van der Waals surface area contributed by atoms with E-state index in [1.54, 1.807) is 7.11 Å². The zero-order valence-electron chi connectivity index (χ0n) is 13.1. The van der Waals surface area contributed by atoms with E-state index in [0.717, 1.165) is 19.6 Å². The number of nitrogens with zero attached hydrogens (tertiary/aromatic N) is 4. The van der Waals surface area contributed by atoms with Gasteiger partial charge >= 0.3 is 6.01 Å². The Hall–Kier alpha value is -1.59. The van der Waals surface area contributed by atoms with Crippen molar-refractivity contribution in [2.75, 3.05) is 37.0 Å². The highest BCUT2D eigenvalue weighted by molar-refractivity contribution is 5.39. The molecule has 1 aliphatic rings. The molecule has 1 unspecified atom stereocenters. The van der Waals surface area contributed by atoms with Crippen LogP contribution < -0.4 is 15.0 Å². The van der Waals surface area contributed by atoms with Gasteiger partial charge in [0.15, 0.2) is 0 Å². The second-order valence-corrected chi connectivity index (χ2v) is 6.27. The molecular formula is C14H25N5O. The lowest BCUT2D eigenvalue weighted by atomic mass is 9.80. The predicted octanol–water partition coefficient (Wildman–Crippen LogP) is 2.18. The topological polar surface area (TPSA) is 63.2 Å². The smallest absolute Gasteiger partial charge is 0.322 e. The summed E-state index contributed by atoms with van der Waals surface area (Å²) in [5.74, 6) is 1.95. The van der Waals surface area contributed by atoms with Gasteiger partial charge in [0.05, 0.1) is 7.11 Å². The highest BCUT2D eigenvalue weighted by Gasteiger charge is 2.33. The maximum Gasteiger partial charge on any atom is 0.322 e. The fourth-order valence-electron chi connectivity index (χ4n) is 2.46. The van der Waals surface area contributed by atoms with E-state index in [1.165, 1.54) is 6.42 Å². The molecule has 0 aliphatic carbocycles. The lowest BCUT2D eigenvalue weighted by molar-refractivity contribution is 0.263. The summed E-state index contributed by atoms with van der Waals surface area (Å²) in [6.45, 7) is 11.6. The molecule has 0 spiro atoms. The van der Waals surface area contributed by atoms with Crippen molar-refractivity contribution in [2.24, 2.45) is 11.3 Å². The summed E-state index contributed by atoms with van der Waals surface area (Å²) < 4.78 is 5.17. The van der Waals surface area contributed by atoms with Crippen LogP contribution in [0.25, 0.3) is 0 Å². The van der Waals surface area contributed by atoms with E-state index < -0.39 is 0 Å². The van der Waals surface area contributed by atoms with Gasteiger partial charge in [0.1, 0.15) is 0 Å². The SMILES string of the molecule is CCNc1nc(OC)nc(N2CCC(C(C)(C)C)C2)n1. The standard InChI is InChI=1S/C14H25N5O/c1-6-15-11-16-12(18-13(17-11)20-5)19-8-7-10(9-19)14(2,3)4/h10H,6-9H2,1-5H3,(H,15,16,17,18). The number of anilines is 2. The van der Waals surface area contributed by atoms with E-state index in [0.29, 0.717) is 29.2 Å². The predicted molar refractivity (Wildman–Crippen MR) is 80.3 cm³/mol. The van der Waals surface area contributed by atoms with Crippen LogP contribution in [0.2, 0.25) is 0 Å². The van der Waals surface area contributed by atoms with Gasteiger partial charge in [-0.1, -0.05) is 20.8 Å². The minimum Gasteiger partial charge on any atom is -0.467 e. The fraction of sp³-hybridized carbons (Fsp3) is 0.786. The van der Waals surface area contributed by atoms with Crippen molar-refractivity contribution in [1.82, 2.24) is 15.0 Å². The summed E-state index contributed by atoms with van der Waals surface area (Å²) >= 11 is 0. The first-order valence-corrected chi connectivity index (χ1v) is 7.23. The van der Waals surface area contributed by atoms with Crippen molar-refractivity contribution in [3.8, 4) is 6.01 Å². The van der Waals surface area contributed by atoms with E-state index in [9.17, 15) is 0 Å². The van der Waals surface area contributed by atoms with Gasteiger partial charge < -0.3 is 15.0 Å². The number of rotatable bonds is 4. The van der Waals surface area contributed by atoms with Crippen LogP contribution in [0.5, 0.6) is 6.01 Å². The van der Waals surface area contributed by atoms with Crippen molar-refractivity contribution >= 4 is 11.9 Å². The fourth-order valence-corrected chi connectivity index (χ4v) is 2.46. The van der Waals surface area contributed by atoms with Gasteiger partial charge in [-0.25, -0.2) is 0 Å². The van der Waals surface area contributed by atoms with Crippen LogP contribution in [-0.2, 0) is 0 Å². The van der Waals surface area contributed by atoms with Gasteiger partial charge in [-0.15, -0.1) is 0 Å². The molecule has 0 saturated carbocycles. The minimum absolute atomic E-state index is 0.316. The van der Waals surface area contributed by atoms with Crippen LogP contribution in [0.4, 0.5) is 11.9 Å². The summed E-state index contributed by atoms with van der Waals surface area (Å²) in [5, 5.41) is 3.12. The molecule has 0 radical (unpaired) electrons. The average molecular weight is 279 g/mol. The van der Waals surface area contributed by atoms with Crippen molar-refractivity contribution in [2.45, 2.75) is 34.1 Å². The van der Waals surface area contributed by atoms with Gasteiger partial charge in [0, 0.05) is 19.6 Å². The lowest BCUT2D eigenvalue weighted by Crippen LogP contribution is -2.27. The van der Waals surface area contributed by atoms with Crippen LogP contribution in [0.3, 0.4) is 0 Å². The molecule has 20 heavy (non-hydrogen) atoms. The highest BCUT2D eigenvalue weighted by atomic mass is 16.5. The molecule has 1 aromatic rings. The van der Waals surface area contributed by atoms with Gasteiger partial charge in [-0.2, -0.15) is 15.0 Å². The maximum absolute atomic E-state index is 5.17. The third kappa shape index (κ3) is 3.29. The van der Waals surface area contributed by atoms with Crippen molar-refractivity contribution in [1.29, 1.82) is 0 Å². The Bertz CT molecular complexity index is 457. The van der Waals surface area contributed by atoms with Crippen LogP contribution in [-0.4, -0.2) is 41.7 Å². The molecule has 6 heteroatoms. The molecule has 1 fully saturated rings. The number of hydrogen-bond acceptors (Lipinski definition) is 6. The van der Waals surface area contributed by atoms with Crippen LogP contribution in [0.15, 0.2) is 0 Å². The van der Waals surface area contributed by atoms with E-state index in [-0.39, 0.29) is 0 Å². The second-order valence-electron chi connectivity index (χ2n) is 6.27. The first kappa shape index (κ1) is 14.8. The third-order valence-corrected chi connectivity index (χ3v) is 3.82. The largest absolute Gasteiger partial charge is 0.467 e. The van der Waals surface area contributed by atoms with Crippen LogP contribution in [0.1, 0.15) is 34.1 Å². The zero-order chi connectivity index (χ0) is 14.8. The molecule has 2 heterocycles. The molecule has 1 atom stereocenters. The number of hydrogen-bond donors (Lipinski definition) is 1.